The average molecular weight is 612 g/mol. The fourth-order valence-corrected chi connectivity index (χ4v) is 2.86. The van der Waals surface area contributed by atoms with E-state index in [0.717, 1.165) is 0 Å². The molecule has 0 aliphatic carbocycles. The summed E-state index contributed by atoms with van der Waals surface area (Å²) in [6.45, 7) is 5.48. The zero-order chi connectivity index (χ0) is 28.5. The van der Waals surface area contributed by atoms with Gasteiger partial charge in [0, 0.05) is 0 Å². The van der Waals surface area contributed by atoms with Crippen LogP contribution < -0.4 is 25.1 Å². The van der Waals surface area contributed by atoms with E-state index in [1.807, 2.05) is 48.5 Å². The molecule has 16 heteroatoms. The first-order valence-electron chi connectivity index (χ1n) is 11.9. The SMILES string of the molecule is F[P-](F)(F)(F)(F)F.[NH4+].c1ccc2c(c1)OCCOCCOCCOc1ccccc1OCCOCCOCCO2. The number of halogens is 6. The molecule has 0 saturated carbocycles. The second kappa shape index (κ2) is 16.7. The third kappa shape index (κ3) is 20.4. The Kier molecular flexibility index (Phi) is 14.8. The molecule has 3 rings (SSSR count). The van der Waals surface area contributed by atoms with E-state index < -0.39 is 7.81 Å². The molecule has 4 N–H and O–H groups in total. The Morgan fingerprint density at radius 1 is 0.375 bits per heavy atom. The fraction of sp³-hybridized carbons (Fsp3) is 0.500. The maximum absolute atomic E-state index is 10.7. The Morgan fingerprint density at radius 2 is 0.550 bits per heavy atom. The van der Waals surface area contributed by atoms with E-state index in [0.29, 0.717) is 102 Å². The summed E-state index contributed by atoms with van der Waals surface area (Å²) in [7, 11) is -10.7. The van der Waals surface area contributed by atoms with Gasteiger partial charge in [0.1, 0.15) is 26.4 Å². The van der Waals surface area contributed by atoms with Gasteiger partial charge in [-0.2, -0.15) is 0 Å². The van der Waals surface area contributed by atoms with Crippen LogP contribution >= 0.6 is 7.81 Å². The van der Waals surface area contributed by atoms with Crippen LogP contribution in [0.25, 0.3) is 0 Å². The molecule has 2 aromatic carbocycles. The standard InChI is InChI=1S/C24H32O8.F6P.H3N/c1-2-6-22-21(5-1)29-17-13-25-9-10-27-15-19-31-23-7-3-4-8-24(23)32-20-16-28-12-11-26-14-18-30-22;1-7(2,3,4,5)6;/h1-8H,9-20H2;;1H3/q;-1;/p+1. The molecule has 9 nitrogen and oxygen atoms in total. The van der Waals surface area contributed by atoms with Crippen LogP contribution in [0.3, 0.4) is 0 Å². The summed E-state index contributed by atoms with van der Waals surface area (Å²) in [6, 6.07) is 15.1. The van der Waals surface area contributed by atoms with Crippen molar-refractivity contribution in [2.75, 3.05) is 79.3 Å². The first-order chi connectivity index (χ1) is 18.4. The Balaban J connectivity index is 0.000000886. The summed E-state index contributed by atoms with van der Waals surface area (Å²) < 4.78 is 105. The molecule has 0 saturated heterocycles. The van der Waals surface area contributed by atoms with E-state index in [-0.39, 0.29) is 6.15 Å². The van der Waals surface area contributed by atoms with Crippen LogP contribution in [0.2, 0.25) is 0 Å². The van der Waals surface area contributed by atoms with Crippen molar-refractivity contribution in [3.8, 4) is 23.0 Å². The molecule has 2 aromatic rings. The van der Waals surface area contributed by atoms with Gasteiger partial charge in [0.2, 0.25) is 0 Å². The molecule has 0 radical (unpaired) electrons. The van der Waals surface area contributed by atoms with Crippen LogP contribution in [0, 0.1) is 0 Å². The van der Waals surface area contributed by atoms with Gasteiger partial charge in [-0.05, 0) is 24.3 Å². The molecule has 0 spiro atoms. The topological polar surface area (TPSA) is 110 Å². The molecule has 1 aliphatic heterocycles. The van der Waals surface area contributed by atoms with Gasteiger partial charge in [-0.1, -0.05) is 24.3 Å². The smallest absolute Gasteiger partial charge is 0.161 e. The van der Waals surface area contributed by atoms with Crippen LogP contribution in [-0.4, -0.2) is 79.3 Å². The van der Waals surface area contributed by atoms with Crippen molar-refractivity contribution in [2.24, 2.45) is 0 Å². The first kappa shape index (κ1) is 35.5. The third-order valence-electron chi connectivity index (χ3n) is 4.38. The number of fused-ring (bicyclic) bond motifs is 2. The van der Waals surface area contributed by atoms with Crippen LogP contribution in [0.1, 0.15) is 0 Å². The maximum atomic E-state index is 9.87. The molecule has 232 valence electrons. The van der Waals surface area contributed by atoms with Crippen molar-refractivity contribution < 1.29 is 63.1 Å². The van der Waals surface area contributed by atoms with E-state index in [4.69, 9.17) is 37.9 Å². The number of hydrogen-bond donors (Lipinski definition) is 1. The monoisotopic (exact) mass is 611 g/mol. The van der Waals surface area contributed by atoms with Crippen molar-refractivity contribution >= 4 is 7.81 Å². The van der Waals surface area contributed by atoms with E-state index >= 15 is 0 Å². The summed E-state index contributed by atoms with van der Waals surface area (Å²) in [5.41, 5.74) is 0. The minimum Gasteiger partial charge on any atom is -0.487 e. The second-order valence-corrected chi connectivity index (χ2v) is 9.61. The Bertz CT molecular complexity index is 835. The van der Waals surface area contributed by atoms with Crippen LogP contribution in [0.15, 0.2) is 48.5 Å². The van der Waals surface area contributed by atoms with E-state index in [1.54, 1.807) is 0 Å². The second-order valence-electron chi connectivity index (χ2n) is 7.70. The third-order valence-corrected chi connectivity index (χ3v) is 4.38. The number of ether oxygens (including phenoxy) is 8. The number of benzene rings is 2. The zero-order valence-electron chi connectivity index (χ0n) is 22.1. The summed E-state index contributed by atoms with van der Waals surface area (Å²) in [5.74, 6) is 2.73. The van der Waals surface area contributed by atoms with Gasteiger partial charge in [0.25, 0.3) is 0 Å². The minimum atomic E-state index is -10.7. The quantitative estimate of drug-likeness (QED) is 0.258. The fourth-order valence-electron chi connectivity index (χ4n) is 2.86. The van der Waals surface area contributed by atoms with Gasteiger partial charge in [0.15, 0.2) is 23.0 Å². The predicted molar refractivity (Wildman–Crippen MR) is 138 cm³/mol. The largest absolute Gasteiger partial charge is 0.487 e. The van der Waals surface area contributed by atoms with Gasteiger partial charge in [-0.25, -0.2) is 0 Å². The summed E-state index contributed by atoms with van der Waals surface area (Å²) >= 11 is 0. The van der Waals surface area contributed by atoms with E-state index in [2.05, 4.69) is 0 Å². The van der Waals surface area contributed by atoms with Crippen molar-refractivity contribution in [1.29, 1.82) is 0 Å². The van der Waals surface area contributed by atoms with Crippen molar-refractivity contribution in [1.82, 2.24) is 6.15 Å². The van der Waals surface area contributed by atoms with Gasteiger partial charge in [-0.15, -0.1) is 0 Å². The molecule has 1 aliphatic rings. The minimum absolute atomic E-state index is 0. The van der Waals surface area contributed by atoms with Crippen LogP contribution in [-0.2, 0) is 18.9 Å². The number of rotatable bonds is 0. The summed E-state index contributed by atoms with van der Waals surface area (Å²) in [5, 5.41) is 0. The maximum Gasteiger partial charge on any atom is 0.161 e. The molecule has 0 bridgehead atoms. The Labute approximate surface area is 228 Å². The van der Waals surface area contributed by atoms with E-state index in [9.17, 15) is 25.2 Å². The predicted octanol–water partition coefficient (Wildman–Crippen LogP) is 6.74. The number of quaternary nitrogens is 1. The molecule has 0 atom stereocenters. The van der Waals surface area contributed by atoms with Crippen LogP contribution in [0.5, 0.6) is 23.0 Å². The molecule has 0 fully saturated rings. The van der Waals surface area contributed by atoms with Crippen molar-refractivity contribution in [3.63, 3.8) is 0 Å². The normalized spacial score (nSPS) is 18.6. The molecule has 40 heavy (non-hydrogen) atoms. The van der Waals surface area contributed by atoms with Crippen molar-refractivity contribution in [2.45, 2.75) is 0 Å². The first-order valence-corrected chi connectivity index (χ1v) is 14.0. The Morgan fingerprint density at radius 3 is 0.750 bits per heavy atom. The van der Waals surface area contributed by atoms with Gasteiger partial charge >= 0.3 is 33.0 Å². The zero-order valence-corrected chi connectivity index (χ0v) is 23.0. The number of para-hydroxylation sites is 4. The van der Waals surface area contributed by atoms with Crippen molar-refractivity contribution in [3.05, 3.63) is 48.5 Å². The number of hydrogen-bond acceptors (Lipinski definition) is 8. The summed E-state index contributed by atoms with van der Waals surface area (Å²) in [6.07, 6.45) is 0. The molecule has 1 heterocycles. The molecule has 0 aromatic heterocycles. The molecule has 0 amide bonds. The van der Waals surface area contributed by atoms with Crippen LogP contribution in [0.4, 0.5) is 25.2 Å². The molecular formula is C24H36F6NO8P. The average Bonchev–Trinajstić information content (AvgIpc) is 2.85. The van der Waals surface area contributed by atoms with Gasteiger partial charge in [-0.3, -0.25) is 0 Å². The van der Waals surface area contributed by atoms with Gasteiger partial charge < -0.3 is 44.0 Å². The molecular weight excluding hydrogens is 575 g/mol. The van der Waals surface area contributed by atoms with Gasteiger partial charge in [0.05, 0.1) is 52.9 Å². The van der Waals surface area contributed by atoms with E-state index in [1.165, 1.54) is 0 Å². The Hall–Kier alpha value is -2.55. The summed E-state index contributed by atoms with van der Waals surface area (Å²) in [4.78, 5) is 0. The molecule has 0 unspecified atom stereocenters.